The highest BCUT2D eigenvalue weighted by molar-refractivity contribution is 5.95. The molecule has 2 aromatic carbocycles. The average molecular weight is 487 g/mol. The lowest BCUT2D eigenvalue weighted by atomic mass is 9.83. The maximum atomic E-state index is 5.33. The summed E-state index contributed by atoms with van der Waals surface area (Å²) in [7, 11) is 1.71. The van der Waals surface area contributed by atoms with Crippen molar-refractivity contribution in [2.45, 2.75) is 63.6 Å². The van der Waals surface area contributed by atoms with Crippen LogP contribution in [0.2, 0.25) is 0 Å². The topological polar surface area (TPSA) is 43.5 Å². The number of ether oxygens (including phenoxy) is 1. The number of benzene rings is 2. The summed E-state index contributed by atoms with van der Waals surface area (Å²) in [5, 5.41) is 5.15. The van der Waals surface area contributed by atoms with E-state index >= 15 is 0 Å². The minimum Gasteiger partial charge on any atom is -0.497 e. The van der Waals surface area contributed by atoms with Crippen molar-refractivity contribution < 1.29 is 4.74 Å². The molecule has 2 N–H and O–H groups in total. The molecule has 0 aliphatic carbocycles. The van der Waals surface area contributed by atoms with E-state index in [0.29, 0.717) is 6.04 Å². The van der Waals surface area contributed by atoms with E-state index in [9.17, 15) is 0 Å². The number of likely N-dealkylation sites (tertiary alicyclic amines) is 1. The summed E-state index contributed by atoms with van der Waals surface area (Å²) in [6, 6.07) is 18.7. The van der Waals surface area contributed by atoms with E-state index in [0.717, 1.165) is 24.3 Å². The second-order valence-corrected chi connectivity index (χ2v) is 11.2. The van der Waals surface area contributed by atoms with Gasteiger partial charge in [-0.1, -0.05) is 30.7 Å². The number of hydrogen-bond acceptors (Lipinski definition) is 4. The zero-order valence-corrected chi connectivity index (χ0v) is 21.8. The third kappa shape index (κ3) is 5.20. The van der Waals surface area contributed by atoms with Gasteiger partial charge in [0.2, 0.25) is 0 Å². The highest BCUT2D eigenvalue weighted by atomic mass is 16.5. The van der Waals surface area contributed by atoms with Crippen LogP contribution < -0.4 is 10.1 Å². The second kappa shape index (κ2) is 11.0. The van der Waals surface area contributed by atoms with Crippen LogP contribution in [-0.4, -0.2) is 66.7 Å². The summed E-state index contributed by atoms with van der Waals surface area (Å²) in [6.07, 6.45) is 9.67. The number of H-pyrrole nitrogens is 1. The maximum absolute atomic E-state index is 5.33. The molecule has 6 rings (SSSR count). The first-order valence-corrected chi connectivity index (χ1v) is 14.2. The Morgan fingerprint density at radius 3 is 2.58 bits per heavy atom. The van der Waals surface area contributed by atoms with Crippen LogP contribution in [0.25, 0.3) is 22.0 Å². The summed E-state index contributed by atoms with van der Waals surface area (Å²) in [5.74, 6) is 1.79. The zero-order chi connectivity index (χ0) is 24.3. The molecule has 0 amide bonds. The molecule has 3 fully saturated rings. The lowest BCUT2D eigenvalue weighted by molar-refractivity contribution is 0.0351. The highest BCUT2D eigenvalue weighted by Crippen LogP contribution is 2.33. The average Bonchev–Trinajstić information content (AvgIpc) is 3.36. The molecule has 3 aliphatic heterocycles. The fourth-order valence-corrected chi connectivity index (χ4v) is 7.03. The van der Waals surface area contributed by atoms with Gasteiger partial charge in [-0.15, -0.1) is 0 Å². The first-order chi connectivity index (χ1) is 17.8. The lowest BCUT2D eigenvalue weighted by Crippen LogP contribution is -2.52. The van der Waals surface area contributed by atoms with Gasteiger partial charge in [-0.25, -0.2) is 0 Å². The quantitative estimate of drug-likeness (QED) is 0.452. The van der Waals surface area contributed by atoms with Gasteiger partial charge in [0.25, 0.3) is 0 Å². The molecule has 1 unspecified atom stereocenters. The van der Waals surface area contributed by atoms with Gasteiger partial charge >= 0.3 is 0 Å². The van der Waals surface area contributed by atoms with E-state index in [2.05, 4.69) is 56.5 Å². The molecule has 0 radical (unpaired) electrons. The number of fused-ring (bicyclic) bond motifs is 2. The molecule has 3 saturated heterocycles. The summed E-state index contributed by atoms with van der Waals surface area (Å²) >= 11 is 0. The zero-order valence-electron chi connectivity index (χ0n) is 21.8. The van der Waals surface area contributed by atoms with Crippen molar-refractivity contribution in [2.24, 2.45) is 5.92 Å². The summed E-state index contributed by atoms with van der Waals surface area (Å²) in [4.78, 5) is 9.24. The van der Waals surface area contributed by atoms with E-state index in [1.807, 2.05) is 12.1 Å². The second-order valence-electron chi connectivity index (χ2n) is 11.2. The monoisotopic (exact) mass is 486 g/mol. The maximum Gasteiger partial charge on any atom is 0.118 e. The summed E-state index contributed by atoms with van der Waals surface area (Å²) in [6.45, 7) is 7.42. The Morgan fingerprint density at radius 2 is 1.75 bits per heavy atom. The molecular formula is C31H42N4O. The van der Waals surface area contributed by atoms with Crippen LogP contribution in [0.5, 0.6) is 5.75 Å². The number of methoxy groups -OCH3 is 1. The SMILES string of the molecule is COc1ccc(-c2cccc3[nH]c(CNC4CCN(C[C@@H]5CCCN6CCCCC56)CC4)cc23)cc1. The number of aromatic amines is 1. The van der Waals surface area contributed by atoms with Crippen LogP contribution in [0.15, 0.2) is 48.5 Å². The standard InChI is InChI=1S/C31H42N4O/c1-36-27-12-10-23(11-13-27)28-7-4-8-30-29(28)20-26(33-30)21-32-25-14-18-34(19-15-25)22-24-6-5-17-35-16-3-2-9-31(24)35/h4,7-8,10-13,20,24-25,31-33H,2-3,5-6,9,14-19,21-22H2,1H3/t24-,31?/m0/s1. The molecule has 5 heteroatoms. The molecule has 5 nitrogen and oxygen atoms in total. The van der Waals surface area contributed by atoms with Gasteiger partial charge in [0.15, 0.2) is 0 Å². The van der Waals surface area contributed by atoms with E-state index in [-0.39, 0.29) is 0 Å². The van der Waals surface area contributed by atoms with Crippen molar-refractivity contribution in [3.8, 4) is 16.9 Å². The van der Waals surface area contributed by atoms with Crippen molar-refractivity contribution >= 4 is 10.9 Å². The Labute approximate surface area is 216 Å². The number of hydrogen-bond donors (Lipinski definition) is 2. The molecule has 3 aliphatic rings. The largest absolute Gasteiger partial charge is 0.497 e. The van der Waals surface area contributed by atoms with Crippen molar-refractivity contribution in [1.82, 2.24) is 20.1 Å². The molecule has 0 spiro atoms. The predicted octanol–water partition coefficient (Wildman–Crippen LogP) is 5.66. The number of nitrogens with zero attached hydrogens (tertiary/aromatic N) is 2. The van der Waals surface area contributed by atoms with E-state index < -0.39 is 0 Å². The minimum atomic E-state index is 0.617. The Kier molecular flexibility index (Phi) is 7.31. The van der Waals surface area contributed by atoms with Gasteiger partial charge in [0.05, 0.1) is 7.11 Å². The number of nitrogens with one attached hydrogen (secondary N) is 2. The van der Waals surface area contributed by atoms with Crippen LogP contribution in [-0.2, 0) is 6.54 Å². The third-order valence-electron chi connectivity index (χ3n) is 9.01. The van der Waals surface area contributed by atoms with E-state index in [1.165, 1.54) is 105 Å². The molecular weight excluding hydrogens is 444 g/mol. The Hall–Kier alpha value is -2.34. The first kappa shape index (κ1) is 24.0. The van der Waals surface area contributed by atoms with Crippen molar-refractivity contribution in [3.63, 3.8) is 0 Å². The van der Waals surface area contributed by atoms with E-state index in [1.54, 1.807) is 7.11 Å². The smallest absolute Gasteiger partial charge is 0.118 e. The third-order valence-corrected chi connectivity index (χ3v) is 9.01. The van der Waals surface area contributed by atoms with Gasteiger partial charge < -0.3 is 24.8 Å². The van der Waals surface area contributed by atoms with Gasteiger partial charge in [-0.3, -0.25) is 0 Å². The molecule has 0 bridgehead atoms. The fraction of sp³-hybridized carbons (Fsp3) is 0.548. The number of piperidine rings is 3. The number of aromatic nitrogens is 1. The lowest BCUT2D eigenvalue weighted by Gasteiger charge is -2.46. The number of rotatable bonds is 7. The van der Waals surface area contributed by atoms with Crippen LogP contribution in [0, 0.1) is 5.92 Å². The van der Waals surface area contributed by atoms with Crippen molar-refractivity contribution in [1.29, 1.82) is 0 Å². The molecule has 192 valence electrons. The Balaban J connectivity index is 1.03. The molecule has 0 saturated carbocycles. The molecule has 3 aromatic rings. The van der Waals surface area contributed by atoms with Gasteiger partial charge in [0, 0.05) is 41.8 Å². The van der Waals surface area contributed by atoms with Crippen molar-refractivity contribution in [3.05, 3.63) is 54.2 Å². The Morgan fingerprint density at radius 1 is 0.917 bits per heavy atom. The van der Waals surface area contributed by atoms with E-state index in [4.69, 9.17) is 4.74 Å². The fourth-order valence-electron chi connectivity index (χ4n) is 7.03. The normalized spacial score (nSPS) is 24.1. The first-order valence-electron chi connectivity index (χ1n) is 14.2. The molecule has 2 atom stereocenters. The molecule has 1 aromatic heterocycles. The predicted molar refractivity (Wildman–Crippen MR) is 149 cm³/mol. The Bertz CT molecular complexity index is 1130. The van der Waals surface area contributed by atoms with Crippen LogP contribution in [0.3, 0.4) is 0 Å². The summed E-state index contributed by atoms with van der Waals surface area (Å²) in [5.41, 5.74) is 4.97. The summed E-state index contributed by atoms with van der Waals surface area (Å²) < 4.78 is 5.33. The van der Waals surface area contributed by atoms with Crippen LogP contribution in [0.4, 0.5) is 0 Å². The van der Waals surface area contributed by atoms with Crippen LogP contribution in [0.1, 0.15) is 50.6 Å². The minimum absolute atomic E-state index is 0.617. The van der Waals surface area contributed by atoms with Gasteiger partial charge in [0.1, 0.15) is 5.75 Å². The van der Waals surface area contributed by atoms with Crippen molar-refractivity contribution in [2.75, 3.05) is 39.8 Å². The highest BCUT2D eigenvalue weighted by Gasteiger charge is 2.34. The van der Waals surface area contributed by atoms with Gasteiger partial charge in [-0.05, 0) is 106 Å². The van der Waals surface area contributed by atoms with Gasteiger partial charge in [-0.2, -0.15) is 0 Å². The molecule has 36 heavy (non-hydrogen) atoms. The molecule has 4 heterocycles. The van der Waals surface area contributed by atoms with Crippen LogP contribution >= 0.6 is 0 Å².